The molecule has 0 atom stereocenters. The van der Waals surface area contributed by atoms with E-state index in [1.807, 2.05) is 6.92 Å². The Hall–Kier alpha value is -1.37. The zero-order valence-electron chi connectivity index (χ0n) is 9.58. The van der Waals surface area contributed by atoms with E-state index in [9.17, 15) is 18.0 Å². The summed E-state index contributed by atoms with van der Waals surface area (Å²) in [5.41, 5.74) is 0.496. The summed E-state index contributed by atoms with van der Waals surface area (Å²) in [6.45, 7) is 1.66. The summed E-state index contributed by atoms with van der Waals surface area (Å²) >= 11 is 1.18. The summed E-state index contributed by atoms with van der Waals surface area (Å²) in [4.78, 5) is 10.7. The van der Waals surface area contributed by atoms with Crippen LogP contribution < -0.4 is 9.50 Å². The first-order chi connectivity index (χ1) is 8.45. The maximum Gasteiger partial charge on any atom is 0.471 e. The van der Waals surface area contributed by atoms with E-state index in [1.165, 1.54) is 12.0 Å². The van der Waals surface area contributed by atoms with Gasteiger partial charge in [-0.25, -0.2) is 0 Å². The molecule has 0 aromatic heterocycles. The Balaban J connectivity index is 2.64. The summed E-state index contributed by atoms with van der Waals surface area (Å²) < 4.78 is 41.3. The third-order valence-corrected chi connectivity index (χ3v) is 2.47. The van der Waals surface area contributed by atoms with Crippen molar-refractivity contribution < 1.29 is 22.1 Å². The lowest BCUT2D eigenvalue weighted by molar-refractivity contribution is -0.173. The highest BCUT2D eigenvalue weighted by atomic mass is 32.2. The lowest BCUT2D eigenvalue weighted by Gasteiger charge is -2.11. The van der Waals surface area contributed by atoms with Crippen LogP contribution in [0.15, 0.2) is 24.3 Å². The first-order valence-corrected chi connectivity index (χ1v) is 6.08. The molecule has 0 spiro atoms. The third-order valence-electron chi connectivity index (χ3n) is 1.94. The molecule has 0 fully saturated rings. The number of carbonyl (C=O) groups excluding carboxylic acids is 1. The van der Waals surface area contributed by atoms with Gasteiger partial charge in [-0.1, -0.05) is 25.1 Å². The highest BCUT2D eigenvalue weighted by molar-refractivity contribution is 7.94. The molecule has 0 saturated heterocycles. The zero-order chi connectivity index (χ0) is 13.6. The van der Waals surface area contributed by atoms with Crippen molar-refractivity contribution in [3.8, 4) is 5.75 Å². The van der Waals surface area contributed by atoms with Crippen LogP contribution in [-0.2, 0) is 11.3 Å². The number of carbonyl (C=O) groups is 1. The van der Waals surface area contributed by atoms with Gasteiger partial charge in [-0.2, -0.15) is 13.2 Å². The van der Waals surface area contributed by atoms with Gasteiger partial charge in [0.05, 0.1) is 12.0 Å². The van der Waals surface area contributed by atoms with Crippen molar-refractivity contribution in [2.24, 2.45) is 0 Å². The number of amides is 1. The summed E-state index contributed by atoms with van der Waals surface area (Å²) in [6.07, 6.45) is -4.87. The molecule has 0 heterocycles. The second kappa shape index (κ2) is 6.53. The van der Waals surface area contributed by atoms with Gasteiger partial charge in [0.15, 0.2) is 0 Å². The van der Waals surface area contributed by atoms with E-state index in [0.717, 1.165) is 0 Å². The van der Waals surface area contributed by atoms with Crippen molar-refractivity contribution in [1.29, 1.82) is 0 Å². The number of alkyl halides is 3. The van der Waals surface area contributed by atoms with Crippen LogP contribution in [0, 0.1) is 0 Å². The largest absolute Gasteiger partial charge is 0.471 e. The molecule has 1 amide bonds. The number of hydrogen-bond donors (Lipinski definition) is 1. The first kappa shape index (κ1) is 14.7. The summed E-state index contributed by atoms with van der Waals surface area (Å²) in [6, 6.07) is 6.61. The molecule has 0 aliphatic heterocycles. The monoisotopic (exact) mass is 279 g/mol. The van der Waals surface area contributed by atoms with Crippen LogP contribution >= 0.6 is 12.0 Å². The van der Waals surface area contributed by atoms with Crippen LogP contribution in [0.1, 0.15) is 12.5 Å². The van der Waals surface area contributed by atoms with Gasteiger partial charge in [-0.15, -0.1) is 0 Å². The van der Waals surface area contributed by atoms with E-state index in [-0.39, 0.29) is 6.54 Å². The van der Waals surface area contributed by atoms with Crippen LogP contribution in [-0.4, -0.2) is 17.8 Å². The topological polar surface area (TPSA) is 38.3 Å². The van der Waals surface area contributed by atoms with Gasteiger partial charge in [-0.05, 0) is 6.07 Å². The molecule has 7 heteroatoms. The molecule has 0 bridgehead atoms. The lowest BCUT2D eigenvalue weighted by atomic mass is 10.2. The maximum absolute atomic E-state index is 12.0. The molecule has 0 saturated carbocycles. The summed E-state index contributed by atoms with van der Waals surface area (Å²) in [7, 11) is 0. The standard InChI is InChI=1S/C11H12F3NO2S/c1-2-18-17-9-6-4-3-5-8(9)7-15-10(16)11(12,13)14/h3-6H,2,7H2,1H3,(H,15,16). The molecular weight excluding hydrogens is 267 g/mol. The van der Waals surface area contributed by atoms with Crippen molar-refractivity contribution >= 4 is 17.9 Å². The highest BCUT2D eigenvalue weighted by Crippen LogP contribution is 2.22. The Morgan fingerprint density at radius 1 is 1.39 bits per heavy atom. The number of para-hydroxylation sites is 1. The summed E-state index contributed by atoms with van der Waals surface area (Å²) in [5.74, 6) is -0.796. The van der Waals surface area contributed by atoms with E-state index < -0.39 is 12.1 Å². The molecule has 100 valence electrons. The van der Waals surface area contributed by atoms with Crippen LogP contribution in [0.25, 0.3) is 0 Å². The number of nitrogens with one attached hydrogen (secondary N) is 1. The van der Waals surface area contributed by atoms with Crippen molar-refractivity contribution in [1.82, 2.24) is 5.32 Å². The van der Waals surface area contributed by atoms with E-state index in [0.29, 0.717) is 17.1 Å². The molecule has 0 aliphatic rings. The molecule has 0 radical (unpaired) electrons. The Morgan fingerprint density at radius 2 is 2.06 bits per heavy atom. The second-order valence-corrected chi connectivity index (χ2v) is 4.26. The minimum absolute atomic E-state index is 0.223. The minimum atomic E-state index is -4.87. The number of benzene rings is 1. The minimum Gasteiger partial charge on any atom is -0.425 e. The zero-order valence-corrected chi connectivity index (χ0v) is 10.4. The van der Waals surface area contributed by atoms with E-state index in [1.54, 1.807) is 29.6 Å². The molecule has 0 aliphatic carbocycles. The molecule has 0 unspecified atom stereocenters. The Morgan fingerprint density at radius 3 is 2.67 bits per heavy atom. The fourth-order valence-electron chi connectivity index (χ4n) is 1.13. The molecule has 18 heavy (non-hydrogen) atoms. The van der Waals surface area contributed by atoms with Crippen LogP contribution in [0.5, 0.6) is 5.75 Å². The highest BCUT2D eigenvalue weighted by Gasteiger charge is 2.38. The number of hydrogen-bond acceptors (Lipinski definition) is 3. The normalized spacial score (nSPS) is 11.1. The van der Waals surface area contributed by atoms with Gasteiger partial charge in [0.2, 0.25) is 0 Å². The average molecular weight is 279 g/mol. The fraction of sp³-hybridized carbons (Fsp3) is 0.364. The SMILES string of the molecule is CCSOc1ccccc1CNC(=O)C(F)(F)F. The van der Waals surface area contributed by atoms with Crippen molar-refractivity contribution in [3.63, 3.8) is 0 Å². The van der Waals surface area contributed by atoms with Crippen molar-refractivity contribution in [2.75, 3.05) is 5.75 Å². The predicted octanol–water partition coefficient (Wildman–Crippen LogP) is 2.91. The van der Waals surface area contributed by atoms with E-state index in [4.69, 9.17) is 4.18 Å². The van der Waals surface area contributed by atoms with Crippen LogP contribution in [0.2, 0.25) is 0 Å². The van der Waals surface area contributed by atoms with Gasteiger partial charge in [0.1, 0.15) is 5.75 Å². The average Bonchev–Trinajstić information content (AvgIpc) is 2.33. The van der Waals surface area contributed by atoms with Crippen molar-refractivity contribution in [2.45, 2.75) is 19.6 Å². The van der Waals surface area contributed by atoms with Crippen LogP contribution in [0.4, 0.5) is 13.2 Å². The quantitative estimate of drug-likeness (QED) is 0.842. The fourth-order valence-corrected chi connectivity index (χ4v) is 1.54. The molecule has 3 nitrogen and oxygen atoms in total. The summed E-state index contributed by atoms with van der Waals surface area (Å²) in [5, 5.41) is 1.80. The van der Waals surface area contributed by atoms with Gasteiger partial charge in [-0.3, -0.25) is 4.79 Å². The number of rotatable bonds is 5. The Kier molecular flexibility index (Phi) is 5.33. The van der Waals surface area contributed by atoms with Gasteiger partial charge in [0, 0.05) is 17.9 Å². The predicted molar refractivity (Wildman–Crippen MR) is 63.1 cm³/mol. The molecular formula is C11H12F3NO2S. The van der Waals surface area contributed by atoms with E-state index >= 15 is 0 Å². The number of halogens is 3. The van der Waals surface area contributed by atoms with E-state index in [2.05, 4.69) is 0 Å². The lowest BCUT2D eigenvalue weighted by Crippen LogP contribution is -2.36. The van der Waals surface area contributed by atoms with Crippen LogP contribution in [0.3, 0.4) is 0 Å². The Labute approximate surface area is 107 Å². The van der Waals surface area contributed by atoms with Gasteiger partial charge in [0.25, 0.3) is 0 Å². The van der Waals surface area contributed by atoms with Gasteiger partial charge >= 0.3 is 12.1 Å². The third kappa shape index (κ3) is 4.48. The molecule has 1 aromatic rings. The molecule has 1 rings (SSSR count). The van der Waals surface area contributed by atoms with Gasteiger partial charge < -0.3 is 9.50 Å². The second-order valence-electron chi connectivity index (χ2n) is 3.28. The molecule has 1 aromatic carbocycles. The first-order valence-electron chi connectivity index (χ1n) is 5.17. The Bertz CT molecular complexity index is 410. The smallest absolute Gasteiger partial charge is 0.425 e. The molecule has 1 N–H and O–H groups in total. The maximum atomic E-state index is 12.0. The van der Waals surface area contributed by atoms with Crippen molar-refractivity contribution in [3.05, 3.63) is 29.8 Å².